The number of carbonyl (C=O) groups excluding carboxylic acids is 1. The molecule has 5 heteroatoms. The van der Waals surface area contributed by atoms with Crippen LogP contribution in [-0.2, 0) is 11.2 Å². The van der Waals surface area contributed by atoms with Crippen molar-refractivity contribution in [2.24, 2.45) is 10.4 Å². The lowest BCUT2D eigenvalue weighted by molar-refractivity contribution is -0.141. The first kappa shape index (κ1) is 17.0. The average molecular weight is 364 g/mol. The van der Waals surface area contributed by atoms with Gasteiger partial charge in [0.25, 0.3) is 0 Å². The summed E-state index contributed by atoms with van der Waals surface area (Å²) in [5.74, 6) is 2.19. The number of pyridine rings is 1. The molecule has 1 fully saturated rings. The molecule has 1 spiro atoms. The van der Waals surface area contributed by atoms with Crippen LogP contribution < -0.4 is 5.32 Å². The lowest BCUT2D eigenvalue weighted by Crippen LogP contribution is -2.42. The van der Waals surface area contributed by atoms with E-state index in [1.54, 1.807) is 0 Å². The Morgan fingerprint density at radius 3 is 2.67 bits per heavy atom. The lowest BCUT2D eigenvalue weighted by atomic mass is 9.79. The summed E-state index contributed by atoms with van der Waals surface area (Å²) in [6, 6.07) is 6.20. The van der Waals surface area contributed by atoms with Crippen molar-refractivity contribution >= 4 is 17.6 Å². The van der Waals surface area contributed by atoms with Crippen LogP contribution in [0.2, 0.25) is 0 Å². The zero-order valence-corrected chi connectivity index (χ0v) is 16.0. The van der Waals surface area contributed by atoms with Crippen molar-refractivity contribution in [3.63, 3.8) is 0 Å². The third-order valence-electron chi connectivity index (χ3n) is 6.81. The SMILES string of the molecule is O=C1N2CC3=C(C2)C(=NC3)Nc2cccc(n2)CCCCCC12CCCC2. The number of aryl methyl sites for hydroxylation is 1. The van der Waals surface area contributed by atoms with Gasteiger partial charge in [-0.1, -0.05) is 31.7 Å². The summed E-state index contributed by atoms with van der Waals surface area (Å²) in [7, 11) is 0. The van der Waals surface area contributed by atoms with Gasteiger partial charge in [-0.25, -0.2) is 4.98 Å². The number of hydrogen-bond donors (Lipinski definition) is 1. The second-order valence-corrected chi connectivity index (χ2v) is 8.60. The van der Waals surface area contributed by atoms with Crippen LogP contribution in [0, 0.1) is 5.41 Å². The molecule has 0 aromatic carbocycles. The van der Waals surface area contributed by atoms with Crippen LogP contribution >= 0.6 is 0 Å². The number of hydrogen-bond acceptors (Lipinski definition) is 4. The van der Waals surface area contributed by atoms with Gasteiger partial charge >= 0.3 is 0 Å². The predicted octanol–water partition coefficient (Wildman–Crippen LogP) is 3.72. The van der Waals surface area contributed by atoms with Gasteiger partial charge in [0, 0.05) is 29.8 Å². The summed E-state index contributed by atoms with van der Waals surface area (Å²) in [4.78, 5) is 25.1. The molecule has 1 aliphatic carbocycles. The molecular formula is C22H28N4O. The minimum atomic E-state index is -0.0967. The Bertz CT molecular complexity index is 819. The van der Waals surface area contributed by atoms with Gasteiger partial charge in [0.1, 0.15) is 11.7 Å². The zero-order chi connectivity index (χ0) is 18.3. The number of carbonyl (C=O) groups is 1. The van der Waals surface area contributed by atoms with E-state index in [2.05, 4.69) is 27.3 Å². The molecule has 0 radical (unpaired) electrons. The first-order valence-corrected chi connectivity index (χ1v) is 10.5. The Kier molecular flexibility index (Phi) is 4.25. The highest BCUT2D eigenvalue weighted by Crippen LogP contribution is 2.45. The Balaban J connectivity index is 1.44. The lowest BCUT2D eigenvalue weighted by Gasteiger charge is -2.33. The van der Waals surface area contributed by atoms with E-state index in [-0.39, 0.29) is 5.41 Å². The Morgan fingerprint density at radius 2 is 1.81 bits per heavy atom. The Hall–Kier alpha value is -2.17. The van der Waals surface area contributed by atoms with Crippen LogP contribution in [0.15, 0.2) is 34.3 Å². The molecule has 1 N–H and O–H groups in total. The third-order valence-corrected chi connectivity index (χ3v) is 6.81. The van der Waals surface area contributed by atoms with Crippen LogP contribution in [0.4, 0.5) is 5.82 Å². The van der Waals surface area contributed by atoms with Crippen LogP contribution in [-0.4, -0.2) is 41.3 Å². The molecule has 0 saturated heterocycles. The largest absolute Gasteiger partial charge is 0.334 e. The third kappa shape index (κ3) is 3.07. The minimum Gasteiger partial charge on any atom is -0.334 e. The number of amides is 1. The monoisotopic (exact) mass is 364 g/mol. The molecule has 5 nitrogen and oxygen atoms in total. The minimum absolute atomic E-state index is 0.0967. The summed E-state index contributed by atoms with van der Waals surface area (Å²) in [5.41, 5.74) is 3.57. The molecule has 0 atom stereocenters. The van der Waals surface area contributed by atoms with E-state index >= 15 is 0 Å². The molecule has 4 bridgehead atoms. The smallest absolute Gasteiger partial charge is 0.229 e. The van der Waals surface area contributed by atoms with E-state index in [0.29, 0.717) is 19.0 Å². The van der Waals surface area contributed by atoms with Crippen LogP contribution in [0.5, 0.6) is 0 Å². The maximum atomic E-state index is 13.5. The second kappa shape index (κ2) is 6.77. The molecule has 142 valence electrons. The molecule has 4 aliphatic rings. The first-order valence-electron chi connectivity index (χ1n) is 10.5. The van der Waals surface area contributed by atoms with Gasteiger partial charge < -0.3 is 10.2 Å². The molecule has 27 heavy (non-hydrogen) atoms. The van der Waals surface area contributed by atoms with Gasteiger partial charge in [-0.15, -0.1) is 0 Å². The summed E-state index contributed by atoms with van der Waals surface area (Å²) < 4.78 is 0. The fourth-order valence-electron chi connectivity index (χ4n) is 5.31. The number of aliphatic imine (C=N–C) groups is 1. The van der Waals surface area contributed by atoms with E-state index in [1.165, 1.54) is 30.4 Å². The molecule has 5 rings (SSSR count). The van der Waals surface area contributed by atoms with Crippen LogP contribution in [0.25, 0.3) is 0 Å². The number of nitrogens with zero attached hydrogens (tertiary/aromatic N) is 3. The molecule has 1 aromatic rings. The van der Waals surface area contributed by atoms with Gasteiger partial charge in [-0.05, 0) is 49.8 Å². The van der Waals surface area contributed by atoms with Gasteiger partial charge in [0.15, 0.2) is 0 Å². The molecule has 3 aliphatic heterocycles. The van der Waals surface area contributed by atoms with Crippen LogP contribution in [0.3, 0.4) is 0 Å². The van der Waals surface area contributed by atoms with E-state index in [0.717, 1.165) is 62.4 Å². The molecular weight excluding hydrogens is 336 g/mol. The van der Waals surface area contributed by atoms with Gasteiger partial charge in [-0.2, -0.15) is 0 Å². The van der Waals surface area contributed by atoms with E-state index in [1.807, 2.05) is 6.07 Å². The number of aromatic nitrogens is 1. The van der Waals surface area contributed by atoms with Crippen LogP contribution in [0.1, 0.15) is 57.1 Å². The number of rotatable bonds is 0. The predicted molar refractivity (Wildman–Crippen MR) is 107 cm³/mol. The number of amidine groups is 1. The van der Waals surface area contributed by atoms with Crippen molar-refractivity contribution < 1.29 is 4.79 Å². The molecule has 1 aromatic heterocycles. The summed E-state index contributed by atoms with van der Waals surface area (Å²) in [6.07, 6.45) is 10.1. The standard InChI is InChI=1S/C22H28N4O/c27-21-22(11-4-5-12-22)10-3-1-2-7-17-8-6-9-19(24-17)25-20-18-15-26(21)14-16(18)13-23-20/h6,8-9H,1-5,7,10-15H2,(H,23,24,25). The summed E-state index contributed by atoms with van der Waals surface area (Å²) >= 11 is 0. The highest BCUT2D eigenvalue weighted by molar-refractivity contribution is 6.11. The topological polar surface area (TPSA) is 57.6 Å². The van der Waals surface area contributed by atoms with Crippen molar-refractivity contribution in [2.45, 2.75) is 57.8 Å². The maximum Gasteiger partial charge on any atom is 0.229 e. The molecule has 4 heterocycles. The highest BCUT2D eigenvalue weighted by Gasteiger charge is 2.45. The number of fused-ring (bicyclic) bond motifs is 3. The van der Waals surface area contributed by atoms with Crippen molar-refractivity contribution in [3.8, 4) is 0 Å². The number of nitrogens with one attached hydrogen (secondary N) is 1. The molecule has 1 saturated carbocycles. The van der Waals surface area contributed by atoms with Crippen molar-refractivity contribution in [1.29, 1.82) is 0 Å². The quantitative estimate of drug-likeness (QED) is 0.763. The normalized spacial score (nSPS) is 24.7. The van der Waals surface area contributed by atoms with Gasteiger partial charge in [-0.3, -0.25) is 9.79 Å². The zero-order valence-electron chi connectivity index (χ0n) is 16.0. The average Bonchev–Trinajstić information content (AvgIpc) is 3.38. The van der Waals surface area contributed by atoms with Gasteiger partial charge in [0.2, 0.25) is 5.91 Å². The fourth-order valence-corrected chi connectivity index (χ4v) is 5.31. The Labute approximate surface area is 161 Å². The van der Waals surface area contributed by atoms with Crippen molar-refractivity contribution in [2.75, 3.05) is 25.0 Å². The molecule has 1 amide bonds. The maximum absolute atomic E-state index is 13.5. The summed E-state index contributed by atoms with van der Waals surface area (Å²) in [6.45, 7) is 2.19. The Morgan fingerprint density at radius 1 is 1.00 bits per heavy atom. The fraction of sp³-hybridized carbons (Fsp3) is 0.591. The summed E-state index contributed by atoms with van der Waals surface area (Å²) in [5, 5.41) is 3.43. The second-order valence-electron chi connectivity index (χ2n) is 8.60. The van der Waals surface area contributed by atoms with E-state index in [4.69, 9.17) is 4.98 Å². The van der Waals surface area contributed by atoms with Crippen molar-refractivity contribution in [3.05, 3.63) is 35.0 Å². The van der Waals surface area contributed by atoms with Crippen molar-refractivity contribution in [1.82, 2.24) is 9.88 Å². The van der Waals surface area contributed by atoms with Gasteiger partial charge in [0.05, 0.1) is 6.54 Å². The molecule has 0 unspecified atom stereocenters. The highest BCUT2D eigenvalue weighted by atomic mass is 16.2. The first-order chi connectivity index (χ1) is 13.2. The van der Waals surface area contributed by atoms with E-state index in [9.17, 15) is 4.79 Å². The number of anilines is 1. The van der Waals surface area contributed by atoms with E-state index < -0.39 is 0 Å².